The van der Waals surface area contributed by atoms with Gasteiger partial charge in [-0.15, -0.1) is 0 Å². The molecular formula is C14H11ClN2O4. The molecule has 0 heterocycles. The Kier molecular flexibility index (Phi) is 4.30. The number of carbonyl (C=O) groups is 2. The van der Waals surface area contributed by atoms with E-state index in [0.717, 1.165) is 0 Å². The van der Waals surface area contributed by atoms with Gasteiger partial charge in [0.25, 0.3) is 11.8 Å². The van der Waals surface area contributed by atoms with Crippen LogP contribution in [0, 0.1) is 0 Å². The van der Waals surface area contributed by atoms with Crippen molar-refractivity contribution < 1.29 is 19.8 Å². The fourth-order valence-electron chi connectivity index (χ4n) is 1.55. The Morgan fingerprint density at radius 1 is 0.905 bits per heavy atom. The molecular weight excluding hydrogens is 296 g/mol. The molecule has 4 N–H and O–H groups in total. The quantitative estimate of drug-likeness (QED) is 0.636. The molecule has 2 amide bonds. The maximum atomic E-state index is 11.8. The molecule has 2 aromatic rings. The van der Waals surface area contributed by atoms with Gasteiger partial charge in [0.05, 0.1) is 5.02 Å². The zero-order chi connectivity index (χ0) is 15.4. The number of carbonyl (C=O) groups excluding carboxylic acids is 2. The number of benzene rings is 2. The van der Waals surface area contributed by atoms with Crippen molar-refractivity contribution in [2.45, 2.75) is 0 Å². The first-order chi connectivity index (χ1) is 9.97. The first kappa shape index (κ1) is 14.7. The monoisotopic (exact) mass is 306 g/mol. The van der Waals surface area contributed by atoms with Gasteiger partial charge in [-0.3, -0.25) is 20.4 Å². The number of rotatable bonds is 2. The van der Waals surface area contributed by atoms with Crippen molar-refractivity contribution in [3.8, 4) is 11.5 Å². The predicted molar refractivity (Wildman–Crippen MR) is 76.2 cm³/mol. The summed E-state index contributed by atoms with van der Waals surface area (Å²) in [5, 5.41) is 18.6. The lowest BCUT2D eigenvalue weighted by atomic mass is 10.2. The summed E-state index contributed by atoms with van der Waals surface area (Å²) < 4.78 is 0. The molecule has 7 heteroatoms. The number of amides is 2. The average molecular weight is 307 g/mol. The van der Waals surface area contributed by atoms with E-state index in [-0.39, 0.29) is 27.6 Å². The van der Waals surface area contributed by atoms with Crippen LogP contribution in [0.4, 0.5) is 0 Å². The summed E-state index contributed by atoms with van der Waals surface area (Å²) in [5.41, 5.74) is 4.77. The first-order valence-corrected chi connectivity index (χ1v) is 6.23. The van der Waals surface area contributed by atoms with Gasteiger partial charge in [0.2, 0.25) is 0 Å². The van der Waals surface area contributed by atoms with Crippen LogP contribution in [0.5, 0.6) is 11.5 Å². The lowest BCUT2D eigenvalue weighted by Gasteiger charge is -2.08. The van der Waals surface area contributed by atoms with E-state index in [0.29, 0.717) is 0 Å². The minimum absolute atomic E-state index is 0.0296. The number of nitrogens with one attached hydrogen (secondary N) is 2. The molecule has 0 saturated heterocycles. The molecule has 2 rings (SSSR count). The minimum atomic E-state index is -0.592. The SMILES string of the molecule is O=C(NNC(=O)c1ccc(O)c(Cl)c1)c1cccc(O)c1. The average Bonchev–Trinajstić information content (AvgIpc) is 2.47. The number of aromatic hydroxyl groups is 2. The lowest BCUT2D eigenvalue weighted by Crippen LogP contribution is -2.41. The number of halogens is 1. The van der Waals surface area contributed by atoms with Crippen LogP contribution in [0.3, 0.4) is 0 Å². The Balaban J connectivity index is 2.00. The largest absolute Gasteiger partial charge is 0.508 e. The second kappa shape index (κ2) is 6.15. The van der Waals surface area contributed by atoms with Gasteiger partial charge in [0, 0.05) is 11.1 Å². The summed E-state index contributed by atoms with van der Waals surface area (Å²) in [4.78, 5) is 23.5. The van der Waals surface area contributed by atoms with Crippen LogP contribution < -0.4 is 10.9 Å². The summed E-state index contributed by atoms with van der Waals surface area (Å²) in [6.07, 6.45) is 0. The third-order valence-electron chi connectivity index (χ3n) is 2.61. The summed E-state index contributed by atoms with van der Waals surface area (Å²) in [6, 6.07) is 9.58. The molecule has 0 aliphatic rings. The van der Waals surface area contributed by atoms with E-state index < -0.39 is 11.8 Å². The summed E-state index contributed by atoms with van der Waals surface area (Å²) >= 11 is 5.69. The maximum absolute atomic E-state index is 11.8. The zero-order valence-electron chi connectivity index (χ0n) is 10.6. The fraction of sp³-hybridized carbons (Fsp3) is 0. The van der Waals surface area contributed by atoms with Crippen molar-refractivity contribution in [1.82, 2.24) is 10.9 Å². The second-order valence-electron chi connectivity index (χ2n) is 4.12. The highest BCUT2D eigenvalue weighted by Gasteiger charge is 2.11. The normalized spacial score (nSPS) is 9.95. The van der Waals surface area contributed by atoms with Gasteiger partial charge in [0.1, 0.15) is 11.5 Å². The number of hydrazine groups is 1. The summed E-state index contributed by atoms with van der Waals surface area (Å²) in [5.74, 6) is -1.37. The number of hydrogen-bond acceptors (Lipinski definition) is 4. The van der Waals surface area contributed by atoms with Gasteiger partial charge >= 0.3 is 0 Å². The van der Waals surface area contributed by atoms with Crippen molar-refractivity contribution in [3.05, 3.63) is 58.6 Å². The lowest BCUT2D eigenvalue weighted by molar-refractivity contribution is 0.0846. The van der Waals surface area contributed by atoms with Gasteiger partial charge in [-0.2, -0.15) is 0 Å². The molecule has 108 valence electrons. The predicted octanol–water partition coefficient (Wildman–Crippen LogP) is 1.83. The third-order valence-corrected chi connectivity index (χ3v) is 2.91. The molecule has 21 heavy (non-hydrogen) atoms. The highest BCUT2D eigenvalue weighted by molar-refractivity contribution is 6.32. The highest BCUT2D eigenvalue weighted by atomic mass is 35.5. The van der Waals surface area contributed by atoms with Crippen LogP contribution in [-0.2, 0) is 0 Å². The topological polar surface area (TPSA) is 98.7 Å². The Morgan fingerprint density at radius 2 is 1.52 bits per heavy atom. The molecule has 2 aromatic carbocycles. The smallest absolute Gasteiger partial charge is 0.269 e. The molecule has 0 radical (unpaired) electrons. The third kappa shape index (κ3) is 3.64. The zero-order valence-corrected chi connectivity index (χ0v) is 11.4. The van der Waals surface area contributed by atoms with Crippen LogP contribution in [0.1, 0.15) is 20.7 Å². The Morgan fingerprint density at radius 3 is 2.10 bits per heavy atom. The van der Waals surface area contributed by atoms with Gasteiger partial charge in [-0.25, -0.2) is 0 Å². The van der Waals surface area contributed by atoms with Crippen LogP contribution in [0.2, 0.25) is 5.02 Å². The number of phenolic OH excluding ortho intramolecular Hbond substituents is 2. The van der Waals surface area contributed by atoms with Gasteiger partial charge in [-0.1, -0.05) is 17.7 Å². The van der Waals surface area contributed by atoms with E-state index in [9.17, 15) is 19.8 Å². The molecule has 0 aromatic heterocycles. The molecule has 6 nitrogen and oxygen atoms in total. The second-order valence-corrected chi connectivity index (χ2v) is 4.53. The maximum Gasteiger partial charge on any atom is 0.269 e. The molecule has 0 atom stereocenters. The Hall–Kier alpha value is -2.73. The van der Waals surface area contributed by atoms with Gasteiger partial charge in [0.15, 0.2) is 0 Å². The van der Waals surface area contributed by atoms with Crippen LogP contribution in [0.25, 0.3) is 0 Å². The summed E-state index contributed by atoms with van der Waals surface area (Å²) in [6.45, 7) is 0. The molecule has 0 unspecified atom stereocenters. The summed E-state index contributed by atoms with van der Waals surface area (Å²) in [7, 11) is 0. The Labute approximate surface area is 125 Å². The van der Waals surface area contributed by atoms with E-state index >= 15 is 0 Å². The van der Waals surface area contributed by atoms with Crippen molar-refractivity contribution in [1.29, 1.82) is 0 Å². The van der Waals surface area contributed by atoms with Gasteiger partial charge in [-0.05, 0) is 36.4 Å². The Bertz CT molecular complexity index is 703. The van der Waals surface area contributed by atoms with Crippen molar-refractivity contribution in [2.75, 3.05) is 0 Å². The van der Waals surface area contributed by atoms with Gasteiger partial charge < -0.3 is 10.2 Å². The molecule has 0 fully saturated rings. The molecule has 0 bridgehead atoms. The van der Waals surface area contributed by atoms with Crippen LogP contribution in [-0.4, -0.2) is 22.0 Å². The van der Waals surface area contributed by atoms with E-state index in [4.69, 9.17) is 11.6 Å². The highest BCUT2D eigenvalue weighted by Crippen LogP contribution is 2.23. The van der Waals surface area contributed by atoms with Crippen LogP contribution >= 0.6 is 11.6 Å². The fourth-order valence-corrected chi connectivity index (χ4v) is 1.73. The van der Waals surface area contributed by atoms with Crippen molar-refractivity contribution in [2.24, 2.45) is 0 Å². The van der Waals surface area contributed by atoms with Crippen molar-refractivity contribution >= 4 is 23.4 Å². The molecule has 0 spiro atoms. The van der Waals surface area contributed by atoms with E-state index in [1.807, 2.05) is 0 Å². The number of phenols is 2. The number of hydrogen-bond donors (Lipinski definition) is 4. The van der Waals surface area contributed by atoms with E-state index in [1.165, 1.54) is 42.5 Å². The van der Waals surface area contributed by atoms with Crippen molar-refractivity contribution in [3.63, 3.8) is 0 Å². The molecule has 0 aliphatic carbocycles. The minimum Gasteiger partial charge on any atom is -0.508 e. The standard InChI is InChI=1S/C14H11ClN2O4/c15-11-7-9(4-5-12(11)19)14(21)17-16-13(20)8-2-1-3-10(18)6-8/h1-7,18-19H,(H,16,20)(H,17,21). The molecule has 0 aliphatic heterocycles. The first-order valence-electron chi connectivity index (χ1n) is 5.85. The molecule has 0 saturated carbocycles. The van der Waals surface area contributed by atoms with E-state index in [1.54, 1.807) is 0 Å². The van der Waals surface area contributed by atoms with Crippen LogP contribution in [0.15, 0.2) is 42.5 Å². The van der Waals surface area contributed by atoms with E-state index in [2.05, 4.69) is 10.9 Å².